The van der Waals surface area contributed by atoms with Crippen molar-refractivity contribution in [2.75, 3.05) is 7.11 Å². The van der Waals surface area contributed by atoms with E-state index in [9.17, 15) is 19.5 Å². The number of para-hydroxylation sites is 1. The summed E-state index contributed by atoms with van der Waals surface area (Å²) < 4.78 is 5.46. The molecule has 8 heteroatoms. The normalized spacial score (nSPS) is 15.4. The number of allylic oxidation sites excluding steroid dienone is 1. The average molecular weight is 530 g/mol. The minimum absolute atomic E-state index is 0.157. The van der Waals surface area contributed by atoms with Gasteiger partial charge in [-0.15, -0.1) is 0 Å². The van der Waals surface area contributed by atoms with Crippen LogP contribution in [0.5, 0.6) is 5.75 Å². The molecule has 3 aromatic carbocycles. The Labute approximate surface area is 224 Å². The Balaban J connectivity index is 1.47. The number of carbonyl (C=O) groups excluding carboxylic acids is 2. The van der Waals surface area contributed by atoms with Crippen LogP contribution in [0.25, 0.3) is 12.2 Å². The minimum atomic E-state index is -1.11. The van der Waals surface area contributed by atoms with Gasteiger partial charge in [0.15, 0.2) is 5.78 Å². The van der Waals surface area contributed by atoms with Gasteiger partial charge in [0.2, 0.25) is 0 Å². The zero-order valence-electron chi connectivity index (χ0n) is 19.9. The third-order valence-electron chi connectivity index (χ3n) is 5.73. The predicted octanol–water partition coefficient (Wildman–Crippen LogP) is 5.49. The van der Waals surface area contributed by atoms with Crippen molar-refractivity contribution in [1.82, 2.24) is 4.90 Å². The van der Waals surface area contributed by atoms with E-state index in [4.69, 9.17) is 17.0 Å². The maximum Gasteiger partial charge on any atom is 0.327 e. The van der Waals surface area contributed by atoms with Crippen molar-refractivity contribution in [3.63, 3.8) is 0 Å². The summed E-state index contributed by atoms with van der Waals surface area (Å²) in [5.41, 5.74) is 2.85. The Morgan fingerprint density at radius 3 is 2.32 bits per heavy atom. The van der Waals surface area contributed by atoms with E-state index in [1.54, 1.807) is 36.4 Å². The molecule has 1 aliphatic rings. The number of amides is 1. The zero-order chi connectivity index (χ0) is 26.4. The first-order valence-corrected chi connectivity index (χ1v) is 12.6. The van der Waals surface area contributed by atoms with Gasteiger partial charge >= 0.3 is 5.97 Å². The highest BCUT2D eigenvalue weighted by Gasteiger charge is 2.40. The standard InChI is InChI=1S/C29H23NO5S2/c1-35-25-10-6-5-9-22(25)24(31)16-15-19-11-13-21(14-12-19)18-26-27(32)30(29(36)37-26)23(28(33)34)17-20-7-3-2-4-8-20/h2-16,18,23H,17H2,1H3,(H,33,34)/b16-15+,26-18-/t23-/m0/s1. The van der Waals surface area contributed by atoms with Crippen LogP contribution >= 0.6 is 24.0 Å². The van der Waals surface area contributed by atoms with Crippen LogP contribution in [0.2, 0.25) is 0 Å². The largest absolute Gasteiger partial charge is 0.496 e. The number of nitrogens with zero attached hydrogens (tertiary/aromatic N) is 1. The highest BCUT2D eigenvalue weighted by atomic mass is 32.2. The summed E-state index contributed by atoms with van der Waals surface area (Å²) in [5, 5.41) is 9.81. The molecule has 0 saturated carbocycles. The highest BCUT2D eigenvalue weighted by molar-refractivity contribution is 8.26. The topological polar surface area (TPSA) is 83.9 Å². The van der Waals surface area contributed by atoms with Gasteiger partial charge in [0.1, 0.15) is 16.1 Å². The first-order valence-electron chi connectivity index (χ1n) is 11.4. The number of rotatable bonds is 9. The van der Waals surface area contributed by atoms with Crippen LogP contribution in [0, 0.1) is 0 Å². The predicted molar refractivity (Wildman–Crippen MR) is 149 cm³/mol. The number of ketones is 1. The summed E-state index contributed by atoms with van der Waals surface area (Å²) in [7, 11) is 1.52. The van der Waals surface area contributed by atoms with Gasteiger partial charge in [-0.05, 0) is 41.0 Å². The molecule has 0 radical (unpaired) electrons. The van der Waals surface area contributed by atoms with Crippen molar-refractivity contribution in [2.45, 2.75) is 12.5 Å². The van der Waals surface area contributed by atoms with Crippen LogP contribution < -0.4 is 4.74 Å². The molecule has 0 bridgehead atoms. The molecule has 3 aromatic rings. The molecule has 1 aliphatic heterocycles. The second-order valence-corrected chi connectivity index (χ2v) is 9.84. The number of hydrogen-bond acceptors (Lipinski definition) is 6. The van der Waals surface area contributed by atoms with Crippen LogP contribution in [0.4, 0.5) is 0 Å². The lowest BCUT2D eigenvalue weighted by molar-refractivity contribution is -0.145. The third-order valence-corrected chi connectivity index (χ3v) is 7.06. The highest BCUT2D eigenvalue weighted by Crippen LogP contribution is 2.35. The minimum Gasteiger partial charge on any atom is -0.496 e. The second kappa shape index (κ2) is 11.8. The van der Waals surface area contributed by atoms with E-state index in [1.807, 2.05) is 54.6 Å². The molecule has 1 N–H and O–H groups in total. The van der Waals surface area contributed by atoms with Crippen LogP contribution in [-0.2, 0) is 16.0 Å². The summed E-state index contributed by atoms with van der Waals surface area (Å²) in [6.07, 6.45) is 5.04. The number of benzene rings is 3. The maximum atomic E-state index is 13.1. The zero-order valence-corrected chi connectivity index (χ0v) is 21.5. The molecule has 186 valence electrons. The lowest BCUT2D eigenvalue weighted by Crippen LogP contribution is -2.45. The molecular formula is C29H23NO5S2. The number of methoxy groups -OCH3 is 1. The van der Waals surface area contributed by atoms with E-state index in [-0.39, 0.29) is 16.5 Å². The van der Waals surface area contributed by atoms with Crippen LogP contribution in [0.3, 0.4) is 0 Å². The first-order chi connectivity index (χ1) is 17.9. The summed E-state index contributed by atoms with van der Waals surface area (Å²) in [6, 6.07) is 22.4. The lowest BCUT2D eigenvalue weighted by Gasteiger charge is -2.23. The van der Waals surface area contributed by atoms with E-state index < -0.39 is 17.9 Å². The summed E-state index contributed by atoms with van der Waals surface area (Å²) in [6.45, 7) is 0. The van der Waals surface area contributed by atoms with Crippen LogP contribution in [0.1, 0.15) is 27.0 Å². The fourth-order valence-electron chi connectivity index (χ4n) is 3.84. The van der Waals surface area contributed by atoms with Crippen molar-refractivity contribution < 1.29 is 24.2 Å². The van der Waals surface area contributed by atoms with Gasteiger partial charge in [0.05, 0.1) is 17.6 Å². The molecule has 37 heavy (non-hydrogen) atoms. The molecule has 0 spiro atoms. The summed E-state index contributed by atoms with van der Waals surface area (Å²) >= 11 is 6.46. The molecule has 1 amide bonds. The number of carboxylic acid groups (broad SMARTS) is 1. The van der Waals surface area contributed by atoms with Crippen LogP contribution in [-0.4, -0.2) is 45.1 Å². The van der Waals surface area contributed by atoms with E-state index in [0.29, 0.717) is 16.2 Å². The second-order valence-electron chi connectivity index (χ2n) is 8.16. The van der Waals surface area contributed by atoms with Gasteiger partial charge < -0.3 is 9.84 Å². The smallest absolute Gasteiger partial charge is 0.327 e. The molecular weight excluding hydrogens is 506 g/mol. The number of thiocarbonyl (C=S) groups is 1. The van der Waals surface area contributed by atoms with Crippen LogP contribution in [0.15, 0.2) is 89.8 Å². The third kappa shape index (κ3) is 6.22. The number of thioether (sulfide) groups is 1. The molecule has 0 aliphatic carbocycles. The van der Waals surface area contributed by atoms with Crippen molar-refractivity contribution in [2.24, 2.45) is 0 Å². The van der Waals surface area contributed by atoms with Gasteiger partial charge in [0.25, 0.3) is 5.91 Å². The van der Waals surface area contributed by atoms with E-state index in [2.05, 4.69) is 0 Å². The quantitative estimate of drug-likeness (QED) is 0.223. The molecule has 1 atom stereocenters. The molecule has 0 unspecified atom stereocenters. The Morgan fingerprint density at radius 1 is 1.00 bits per heavy atom. The van der Waals surface area contributed by atoms with E-state index in [0.717, 1.165) is 28.5 Å². The van der Waals surface area contributed by atoms with Gasteiger partial charge in [-0.1, -0.05) is 96.8 Å². The number of carbonyl (C=O) groups is 3. The Hall–Kier alpha value is -4.01. The molecule has 1 heterocycles. The SMILES string of the molecule is COc1ccccc1C(=O)/C=C/c1ccc(/C=C2\SC(=S)N([C@@H](Cc3ccccc3)C(=O)O)C2=O)cc1. The van der Waals surface area contributed by atoms with Crippen molar-refractivity contribution >= 4 is 58.1 Å². The Morgan fingerprint density at radius 2 is 1.65 bits per heavy atom. The number of aliphatic carboxylic acids is 1. The van der Waals surface area contributed by atoms with Gasteiger partial charge in [-0.25, -0.2) is 4.79 Å². The number of carboxylic acids is 1. The molecule has 6 nitrogen and oxygen atoms in total. The summed E-state index contributed by atoms with van der Waals surface area (Å²) in [4.78, 5) is 39.2. The Bertz CT molecular complexity index is 1400. The van der Waals surface area contributed by atoms with Gasteiger partial charge in [0, 0.05) is 6.42 Å². The molecule has 1 fully saturated rings. The first kappa shape index (κ1) is 26.1. The fraction of sp³-hybridized carbons (Fsp3) is 0.103. The number of ether oxygens (including phenoxy) is 1. The lowest BCUT2D eigenvalue weighted by atomic mass is 10.0. The molecule has 0 aromatic heterocycles. The average Bonchev–Trinajstić information content (AvgIpc) is 3.19. The van der Waals surface area contributed by atoms with Gasteiger partial charge in [-0.2, -0.15) is 0 Å². The molecule has 4 rings (SSSR count). The van der Waals surface area contributed by atoms with E-state index >= 15 is 0 Å². The van der Waals surface area contributed by atoms with E-state index in [1.165, 1.54) is 18.1 Å². The van der Waals surface area contributed by atoms with Crippen molar-refractivity contribution in [1.29, 1.82) is 0 Å². The molecule has 1 saturated heterocycles. The Kier molecular flexibility index (Phi) is 8.32. The fourth-order valence-corrected chi connectivity index (χ4v) is 5.20. The maximum absolute atomic E-state index is 13.1. The van der Waals surface area contributed by atoms with Crippen molar-refractivity contribution in [3.8, 4) is 5.75 Å². The van der Waals surface area contributed by atoms with Crippen molar-refractivity contribution in [3.05, 3.63) is 112 Å². The van der Waals surface area contributed by atoms with Gasteiger partial charge in [-0.3, -0.25) is 14.5 Å². The monoisotopic (exact) mass is 529 g/mol. The number of hydrogen-bond donors (Lipinski definition) is 1. The summed E-state index contributed by atoms with van der Waals surface area (Å²) in [5.74, 6) is -1.20.